The molecule has 1 aliphatic carbocycles. The summed E-state index contributed by atoms with van der Waals surface area (Å²) in [5.41, 5.74) is 0.164. The quantitative estimate of drug-likeness (QED) is 0.561. The number of hydrogen-bond donors (Lipinski definition) is 0. The summed E-state index contributed by atoms with van der Waals surface area (Å²) in [7, 11) is 0. The van der Waals surface area contributed by atoms with Crippen molar-refractivity contribution in [3.63, 3.8) is 0 Å². The molecular weight excluding hydrogens is 364 g/mol. The summed E-state index contributed by atoms with van der Waals surface area (Å²) < 4.78 is 41.7. The monoisotopic (exact) mass is 374 g/mol. The molecule has 0 aromatic heterocycles. The average molecular weight is 374 g/mol. The van der Waals surface area contributed by atoms with Crippen LogP contribution in [0.3, 0.4) is 0 Å². The Balaban J connectivity index is 2.42. The summed E-state index contributed by atoms with van der Waals surface area (Å²) in [4.78, 5) is 0. The van der Waals surface area contributed by atoms with Crippen LogP contribution < -0.4 is 0 Å². The first kappa shape index (κ1) is 13.0. The van der Waals surface area contributed by atoms with Crippen molar-refractivity contribution in [3.8, 4) is 11.1 Å². The van der Waals surface area contributed by atoms with Crippen molar-refractivity contribution in [2.24, 2.45) is 0 Å². The summed E-state index contributed by atoms with van der Waals surface area (Å²) in [6.45, 7) is 1.27. The van der Waals surface area contributed by atoms with Crippen LogP contribution in [0.25, 0.3) is 11.1 Å². The third-order valence-corrected chi connectivity index (χ3v) is 4.51. The highest BCUT2D eigenvalue weighted by Gasteiger charge is 2.57. The molecule has 0 nitrogen and oxygen atoms in total. The van der Waals surface area contributed by atoms with Gasteiger partial charge < -0.3 is 0 Å². The molecule has 3 rings (SSSR count). The van der Waals surface area contributed by atoms with Crippen molar-refractivity contribution in [2.45, 2.75) is 18.5 Å². The number of hydrogen-bond acceptors (Lipinski definition) is 0. The maximum atomic E-state index is 13.6. The SMILES string of the molecule is CC1(C(F)(F)F)c2ccccc2-c2ccc(I)cc21. The first-order valence-corrected chi connectivity index (χ1v) is 6.90. The largest absolute Gasteiger partial charge is 0.402 e. The van der Waals surface area contributed by atoms with Crippen molar-refractivity contribution >= 4 is 22.6 Å². The van der Waals surface area contributed by atoms with E-state index in [0.29, 0.717) is 22.3 Å². The second kappa shape index (κ2) is 3.98. The molecule has 98 valence electrons. The molecule has 0 saturated carbocycles. The van der Waals surface area contributed by atoms with Gasteiger partial charge in [-0.15, -0.1) is 0 Å². The molecule has 0 N–H and O–H groups in total. The van der Waals surface area contributed by atoms with Crippen molar-refractivity contribution in [1.82, 2.24) is 0 Å². The van der Waals surface area contributed by atoms with E-state index in [1.54, 1.807) is 36.4 Å². The lowest BCUT2D eigenvalue weighted by Crippen LogP contribution is -2.38. The molecule has 2 aromatic rings. The van der Waals surface area contributed by atoms with E-state index >= 15 is 0 Å². The lowest BCUT2D eigenvalue weighted by molar-refractivity contribution is -0.172. The fourth-order valence-electron chi connectivity index (χ4n) is 2.77. The van der Waals surface area contributed by atoms with Gasteiger partial charge in [-0.05, 0) is 63.9 Å². The van der Waals surface area contributed by atoms with Gasteiger partial charge in [0.15, 0.2) is 0 Å². The van der Waals surface area contributed by atoms with E-state index in [0.717, 1.165) is 3.57 Å². The lowest BCUT2D eigenvalue weighted by Gasteiger charge is -2.30. The zero-order chi connectivity index (χ0) is 13.8. The summed E-state index contributed by atoms with van der Waals surface area (Å²) in [5, 5.41) is 0. The van der Waals surface area contributed by atoms with Gasteiger partial charge in [0.25, 0.3) is 0 Å². The molecule has 1 unspecified atom stereocenters. The third kappa shape index (κ3) is 1.65. The lowest BCUT2D eigenvalue weighted by atomic mass is 9.79. The molecule has 0 radical (unpaired) electrons. The smallest absolute Gasteiger partial charge is 0.170 e. The van der Waals surface area contributed by atoms with E-state index in [1.165, 1.54) is 6.92 Å². The molecule has 0 heterocycles. The van der Waals surface area contributed by atoms with Crippen LogP contribution in [0.15, 0.2) is 42.5 Å². The van der Waals surface area contributed by atoms with Gasteiger partial charge in [0.05, 0.1) is 0 Å². The van der Waals surface area contributed by atoms with E-state index in [4.69, 9.17) is 0 Å². The van der Waals surface area contributed by atoms with Gasteiger partial charge in [-0.1, -0.05) is 30.3 Å². The summed E-state index contributed by atoms with van der Waals surface area (Å²) in [5.74, 6) is 0. The standard InChI is InChI=1S/C15H10F3I/c1-14(15(16,17)18)12-5-3-2-4-10(12)11-7-6-9(19)8-13(11)14/h2-8H,1H3. The summed E-state index contributed by atoms with van der Waals surface area (Å²) in [6.07, 6.45) is -4.31. The molecule has 0 saturated heterocycles. The van der Waals surface area contributed by atoms with Crippen LogP contribution in [-0.4, -0.2) is 6.18 Å². The van der Waals surface area contributed by atoms with Crippen LogP contribution in [0.2, 0.25) is 0 Å². The topological polar surface area (TPSA) is 0 Å². The minimum absolute atomic E-state index is 0.347. The Kier molecular flexibility index (Phi) is 2.71. The molecule has 0 fully saturated rings. The highest BCUT2D eigenvalue weighted by molar-refractivity contribution is 14.1. The molecule has 0 aliphatic heterocycles. The second-order valence-corrected chi connectivity index (χ2v) is 6.10. The minimum Gasteiger partial charge on any atom is -0.170 e. The molecule has 4 heteroatoms. The van der Waals surface area contributed by atoms with Crippen molar-refractivity contribution in [3.05, 3.63) is 57.2 Å². The minimum atomic E-state index is -4.31. The summed E-state index contributed by atoms with van der Waals surface area (Å²) >= 11 is 2.05. The summed E-state index contributed by atoms with van der Waals surface area (Å²) in [6, 6.07) is 12.1. The average Bonchev–Trinajstić information content (AvgIpc) is 2.61. The highest BCUT2D eigenvalue weighted by Crippen LogP contribution is 2.56. The van der Waals surface area contributed by atoms with Gasteiger partial charge >= 0.3 is 6.18 Å². The number of alkyl halides is 3. The molecule has 2 aromatic carbocycles. The highest BCUT2D eigenvalue weighted by atomic mass is 127. The van der Waals surface area contributed by atoms with Gasteiger partial charge in [-0.2, -0.15) is 13.2 Å². The van der Waals surface area contributed by atoms with Gasteiger partial charge in [0, 0.05) is 3.57 Å². The van der Waals surface area contributed by atoms with E-state index in [1.807, 2.05) is 6.07 Å². The Morgan fingerprint density at radius 3 is 2.26 bits per heavy atom. The molecule has 19 heavy (non-hydrogen) atoms. The Labute approximate surface area is 122 Å². The van der Waals surface area contributed by atoms with E-state index in [2.05, 4.69) is 22.6 Å². The fourth-order valence-corrected chi connectivity index (χ4v) is 3.26. The number of benzene rings is 2. The molecule has 0 spiro atoms. The Morgan fingerprint density at radius 1 is 0.947 bits per heavy atom. The van der Waals surface area contributed by atoms with Gasteiger partial charge in [0.1, 0.15) is 5.41 Å². The van der Waals surface area contributed by atoms with E-state index < -0.39 is 11.6 Å². The van der Waals surface area contributed by atoms with Crippen molar-refractivity contribution < 1.29 is 13.2 Å². The molecule has 0 amide bonds. The van der Waals surface area contributed by atoms with Gasteiger partial charge in [-0.3, -0.25) is 0 Å². The van der Waals surface area contributed by atoms with Crippen LogP contribution in [0.5, 0.6) is 0 Å². The Bertz CT molecular complexity index is 661. The molecule has 0 bridgehead atoms. The van der Waals surface area contributed by atoms with Crippen molar-refractivity contribution in [1.29, 1.82) is 0 Å². The fraction of sp³-hybridized carbons (Fsp3) is 0.200. The second-order valence-electron chi connectivity index (χ2n) is 4.86. The Hall–Kier alpha value is -1.04. The van der Waals surface area contributed by atoms with Gasteiger partial charge in [-0.25, -0.2) is 0 Å². The third-order valence-electron chi connectivity index (χ3n) is 3.84. The first-order valence-electron chi connectivity index (χ1n) is 5.82. The normalized spacial score (nSPS) is 21.1. The predicted molar refractivity (Wildman–Crippen MR) is 77.1 cm³/mol. The number of rotatable bonds is 0. The molecular formula is C15H10F3I. The number of fused-ring (bicyclic) bond motifs is 3. The van der Waals surface area contributed by atoms with Crippen LogP contribution in [0.1, 0.15) is 18.1 Å². The van der Waals surface area contributed by atoms with Crippen LogP contribution in [0.4, 0.5) is 13.2 Å². The maximum Gasteiger partial charge on any atom is 0.402 e. The number of halogens is 4. The molecule has 1 atom stereocenters. The Morgan fingerprint density at radius 2 is 1.58 bits per heavy atom. The van der Waals surface area contributed by atoms with Crippen LogP contribution in [-0.2, 0) is 5.41 Å². The maximum absolute atomic E-state index is 13.6. The van der Waals surface area contributed by atoms with Gasteiger partial charge in [0.2, 0.25) is 0 Å². The van der Waals surface area contributed by atoms with E-state index in [-0.39, 0.29) is 0 Å². The van der Waals surface area contributed by atoms with Crippen LogP contribution in [0, 0.1) is 3.57 Å². The van der Waals surface area contributed by atoms with Crippen LogP contribution >= 0.6 is 22.6 Å². The molecule has 1 aliphatic rings. The predicted octanol–water partition coefficient (Wildman–Crippen LogP) is 5.14. The first-order chi connectivity index (χ1) is 8.85. The van der Waals surface area contributed by atoms with Crippen molar-refractivity contribution in [2.75, 3.05) is 0 Å². The van der Waals surface area contributed by atoms with E-state index in [9.17, 15) is 13.2 Å². The zero-order valence-corrected chi connectivity index (χ0v) is 12.2. The zero-order valence-electron chi connectivity index (χ0n) is 10.1.